The average Bonchev–Trinajstić information content (AvgIpc) is 2.54. The van der Waals surface area contributed by atoms with Gasteiger partial charge in [0.2, 0.25) is 11.8 Å². The summed E-state index contributed by atoms with van der Waals surface area (Å²) >= 11 is 0. The van der Waals surface area contributed by atoms with E-state index in [9.17, 15) is 22.8 Å². The topological polar surface area (TPSA) is 40.6 Å². The highest BCUT2D eigenvalue weighted by atomic mass is 19.4. The number of hydrogen-bond acceptors (Lipinski definition) is 2. The first-order valence-corrected chi connectivity index (χ1v) is 8.43. The molecule has 2 fully saturated rings. The van der Waals surface area contributed by atoms with Crippen molar-refractivity contribution in [3.05, 3.63) is 0 Å². The van der Waals surface area contributed by atoms with E-state index >= 15 is 0 Å². The third-order valence-corrected chi connectivity index (χ3v) is 5.06. The maximum atomic E-state index is 12.6. The van der Waals surface area contributed by atoms with E-state index < -0.39 is 12.1 Å². The number of nitrogens with zero attached hydrogens (tertiary/aromatic N) is 2. The van der Waals surface area contributed by atoms with Gasteiger partial charge < -0.3 is 9.80 Å². The van der Waals surface area contributed by atoms with Crippen LogP contribution in [0.15, 0.2) is 0 Å². The second-order valence-corrected chi connectivity index (χ2v) is 6.58. The summed E-state index contributed by atoms with van der Waals surface area (Å²) in [7, 11) is 0. The Bertz CT molecular complexity index is 424. The summed E-state index contributed by atoms with van der Waals surface area (Å²) in [5.41, 5.74) is 0. The summed E-state index contributed by atoms with van der Waals surface area (Å²) in [4.78, 5) is 27.4. The maximum absolute atomic E-state index is 12.6. The minimum atomic E-state index is -4.10. The molecule has 2 aliphatic rings. The van der Waals surface area contributed by atoms with E-state index in [0.29, 0.717) is 51.9 Å². The van der Waals surface area contributed by atoms with Gasteiger partial charge in [0.05, 0.1) is 5.92 Å². The highest BCUT2D eigenvalue weighted by molar-refractivity contribution is 5.78. The van der Waals surface area contributed by atoms with E-state index in [1.165, 1.54) is 0 Å². The predicted molar refractivity (Wildman–Crippen MR) is 79.6 cm³/mol. The lowest BCUT2D eigenvalue weighted by molar-refractivity contribution is -0.184. The summed E-state index contributed by atoms with van der Waals surface area (Å²) in [6, 6.07) is 0. The smallest absolute Gasteiger partial charge is 0.339 e. The van der Waals surface area contributed by atoms with Gasteiger partial charge in [-0.3, -0.25) is 9.59 Å². The first kappa shape index (κ1) is 18.1. The third kappa shape index (κ3) is 4.85. The molecule has 0 N–H and O–H groups in total. The van der Waals surface area contributed by atoms with Crippen molar-refractivity contribution in [1.29, 1.82) is 0 Å². The van der Waals surface area contributed by atoms with Crippen molar-refractivity contribution in [3.63, 3.8) is 0 Å². The third-order valence-electron chi connectivity index (χ3n) is 5.06. The fourth-order valence-electron chi connectivity index (χ4n) is 3.50. The molecular weight excluding hydrogens is 309 g/mol. The molecule has 0 aromatic heterocycles. The molecule has 1 aliphatic carbocycles. The lowest BCUT2D eigenvalue weighted by Crippen LogP contribution is -2.50. The first-order chi connectivity index (χ1) is 10.8. The Morgan fingerprint density at radius 2 is 1.39 bits per heavy atom. The van der Waals surface area contributed by atoms with E-state index in [-0.39, 0.29) is 30.6 Å². The van der Waals surface area contributed by atoms with Gasteiger partial charge in [0.25, 0.3) is 0 Å². The van der Waals surface area contributed by atoms with Crippen LogP contribution in [-0.2, 0) is 9.59 Å². The summed E-state index contributed by atoms with van der Waals surface area (Å²) in [6.45, 7) is 3.99. The lowest BCUT2D eigenvalue weighted by atomic mass is 9.80. The van der Waals surface area contributed by atoms with Crippen LogP contribution < -0.4 is 0 Å². The average molecular weight is 334 g/mol. The van der Waals surface area contributed by atoms with Crippen LogP contribution in [0.3, 0.4) is 0 Å². The molecule has 1 heterocycles. The number of carbonyl (C=O) groups is 2. The first-order valence-electron chi connectivity index (χ1n) is 8.43. The van der Waals surface area contributed by atoms with Gasteiger partial charge in [0.1, 0.15) is 0 Å². The van der Waals surface area contributed by atoms with Crippen molar-refractivity contribution >= 4 is 11.8 Å². The molecule has 1 saturated heterocycles. The normalized spacial score (nSPS) is 26.3. The van der Waals surface area contributed by atoms with Crippen molar-refractivity contribution in [2.24, 2.45) is 11.8 Å². The number of hydrogen-bond donors (Lipinski definition) is 0. The van der Waals surface area contributed by atoms with Gasteiger partial charge in [0, 0.05) is 39.0 Å². The predicted octanol–water partition coefficient (Wildman–Crippen LogP) is 2.83. The molecular formula is C16H25F3N2O2. The highest BCUT2D eigenvalue weighted by Crippen LogP contribution is 2.40. The van der Waals surface area contributed by atoms with Crippen molar-refractivity contribution in [2.75, 3.05) is 26.2 Å². The maximum Gasteiger partial charge on any atom is 0.391 e. The van der Waals surface area contributed by atoms with E-state index in [2.05, 4.69) is 0 Å². The van der Waals surface area contributed by atoms with Gasteiger partial charge in [-0.2, -0.15) is 13.2 Å². The van der Waals surface area contributed by atoms with Crippen molar-refractivity contribution in [2.45, 2.75) is 51.6 Å². The molecule has 1 saturated carbocycles. The molecule has 23 heavy (non-hydrogen) atoms. The number of carbonyl (C=O) groups excluding carboxylic acids is 2. The largest absolute Gasteiger partial charge is 0.391 e. The zero-order valence-corrected chi connectivity index (χ0v) is 13.6. The Hall–Kier alpha value is -1.27. The van der Waals surface area contributed by atoms with Gasteiger partial charge in [0.15, 0.2) is 0 Å². The number of halogens is 3. The summed E-state index contributed by atoms with van der Waals surface area (Å²) in [5.74, 6) is -1.01. The van der Waals surface area contributed by atoms with Crippen molar-refractivity contribution in [1.82, 2.24) is 9.80 Å². The molecule has 0 atom stereocenters. The minimum Gasteiger partial charge on any atom is -0.339 e. The standard InChI is InChI=1S/C16H25F3N2O2/c1-2-14(22)20-7-9-21(10-8-20)15(23)11-12-3-5-13(6-4-12)16(17,18)19/h12-13H,2-11H2,1H3. The zero-order valence-electron chi connectivity index (χ0n) is 13.6. The van der Waals surface area contributed by atoms with E-state index in [1.807, 2.05) is 6.92 Å². The van der Waals surface area contributed by atoms with Gasteiger partial charge in [-0.1, -0.05) is 6.92 Å². The quantitative estimate of drug-likeness (QED) is 0.796. The highest BCUT2D eigenvalue weighted by Gasteiger charge is 2.41. The van der Waals surface area contributed by atoms with Crippen LogP contribution >= 0.6 is 0 Å². The molecule has 0 aromatic rings. The summed E-state index contributed by atoms with van der Waals surface area (Å²) in [6.07, 6.45) is -2.06. The molecule has 0 radical (unpaired) electrons. The molecule has 132 valence electrons. The Morgan fingerprint density at radius 1 is 0.913 bits per heavy atom. The molecule has 2 rings (SSSR count). The van der Waals surface area contributed by atoms with Crippen LogP contribution in [0, 0.1) is 11.8 Å². The van der Waals surface area contributed by atoms with E-state index in [1.54, 1.807) is 9.80 Å². The molecule has 0 bridgehead atoms. The Balaban J connectivity index is 1.73. The van der Waals surface area contributed by atoms with Gasteiger partial charge in [-0.05, 0) is 31.6 Å². The zero-order chi connectivity index (χ0) is 17.0. The van der Waals surface area contributed by atoms with Crippen LogP contribution in [0.5, 0.6) is 0 Å². The molecule has 2 amide bonds. The van der Waals surface area contributed by atoms with Crippen LogP contribution in [0.4, 0.5) is 13.2 Å². The summed E-state index contributed by atoms with van der Waals surface area (Å²) < 4.78 is 37.9. The molecule has 1 aliphatic heterocycles. The van der Waals surface area contributed by atoms with Crippen LogP contribution in [0.25, 0.3) is 0 Å². The number of amides is 2. The van der Waals surface area contributed by atoms with Crippen LogP contribution in [0.1, 0.15) is 45.4 Å². The van der Waals surface area contributed by atoms with Crippen LogP contribution in [-0.4, -0.2) is 54.0 Å². The SMILES string of the molecule is CCC(=O)N1CCN(C(=O)CC2CCC(C(F)(F)F)CC2)CC1. The van der Waals surface area contributed by atoms with E-state index in [0.717, 1.165) is 0 Å². The second kappa shape index (κ2) is 7.53. The van der Waals surface area contributed by atoms with Crippen molar-refractivity contribution < 1.29 is 22.8 Å². The van der Waals surface area contributed by atoms with Gasteiger partial charge in [-0.15, -0.1) is 0 Å². The fourth-order valence-corrected chi connectivity index (χ4v) is 3.50. The molecule has 0 spiro atoms. The van der Waals surface area contributed by atoms with E-state index in [4.69, 9.17) is 0 Å². The molecule has 0 aromatic carbocycles. The monoisotopic (exact) mass is 334 g/mol. The van der Waals surface area contributed by atoms with Gasteiger partial charge >= 0.3 is 6.18 Å². The molecule has 7 heteroatoms. The Morgan fingerprint density at radius 3 is 1.83 bits per heavy atom. The number of piperazine rings is 1. The Kier molecular flexibility index (Phi) is 5.92. The van der Waals surface area contributed by atoms with Gasteiger partial charge in [-0.25, -0.2) is 0 Å². The van der Waals surface area contributed by atoms with Crippen LogP contribution in [0.2, 0.25) is 0 Å². The summed E-state index contributed by atoms with van der Waals surface area (Å²) in [5, 5.41) is 0. The Labute approximate surface area is 135 Å². The van der Waals surface area contributed by atoms with Crippen molar-refractivity contribution in [3.8, 4) is 0 Å². The molecule has 0 unspecified atom stereocenters. The number of rotatable bonds is 3. The second-order valence-electron chi connectivity index (χ2n) is 6.58. The lowest BCUT2D eigenvalue weighted by Gasteiger charge is -2.36. The minimum absolute atomic E-state index is 0.0176. The molecule has 4 nitrogen and oxygen atoms in total. The number of alkyl halides is 3. The fraction of sp³-hybridized carbons (Fsp3) is 0.875.